The van der Waals surface area contributed by atoms with E-state index in [0.29, 0.717) is 23.2 Å². The molecule has 1 aromatic heterocycles. The largest absolute Gasteiger partial charge is 0.437 e. The van der Waals surface area contributed by atoms with Crippen molar-refractivity contribution in [3.05, 3.63) is 45.8 Å². The van der Waals surface area contributed by atoms with Gasteiger partial charge in [0.1, 0.15) is 17.1 Å². The first kappa shape index (κ1) is 12.3. The van der Waals surface area contributed by atoms with E-state index < -0.39 is 0 Å². The summed E-state index contributed by atoms with van der Waals surface area (Å²) in [4.78, 5) is 7.74. The fraction of sp³-hybridized carbons (Fsp3) is 0.0909. The molecule has 0 aliphatic heterocycles. The van der Waals surface area contributed by atoms with Crippen LogP contribution in [0.1, 0.15) is 5.56 Å². The summed E-state index contributed by atoms with van der Waals surface area (Å²) in [6.45, 7) is 0.372. The van der Waals surface area contributed by atoms with Crippen LogP contribution in [0.15, 0.2) is 35.2 Å². The van der Waals surface area contributed by atoms with Gasteiger partial charge in [-0.15, -0.1) is 0 Å². The molecule has 0 aliphatic rings. The number of benzene rings is 1. The molecule has 0 bridgehead atoms. The van der Waals surface area contributed by atoms with E-state index in [0.717, 1.165) is 10.0 Å². The predicted octanol–water partition coefficient (Wildman–Crippen LogP) is 3.14. The van der Waals surface area contributed by atoms with Crippen LogP contribution in [0, 0.1) is 0 Å². The Hall–Kier alpha value is -1.17. The molecule has 2 aromatic rings. The van der Waals surface area contributed by atoms with Gasteiger partial charge in [0.2, 0.25) is 5.88 Å². The zero-order valence-corrected chi connectivity index (χ0v) is 11.1. The molecule has 0 fully saturated rings. The zero-order valence-electron chi connectivity index (χ0n) is 8.73. The molecular formula is C11H9BrClN3O. The van der Waals surface area contributed by atoms with Crippen LogP contribution < -0.4 is 10.5 Å². The number of ether oxygens (including phenoxy) is 1. The summed E-state index contributed by atoms with van der Waals surface area (Å²) in [5.41, 5.74) is 6.51. The minimum atomic E-state index is 0.318. The van der Waals surface area contributed by atoms with Crippen molar-refractivity contribution in [3.8, 4) is 11.6 Å². The molecule has 0 saturated carbocycles. The number of nitrogens with zero attached hydrogens (tertiary/aromatic N) is 2. The Labute approximate surface area is 112 Å². The van der Waals surface area contributed by atoms with Crippen LogP contribution in [-0.4, -0.2) is 9.97 Å². The summed E-state index contributed by atoms with van der Waals surface area (Å²) < 4.78 is 6.55. The van der Waals surface area contributed by atoms with Crippen molar-refractivity contribution in [1.82, 2.24) is 9.97 Å². The van der Waals surface area contributed by atoms with E-state index in [1.54, 1.807) is 0 Å². The number of hydrogen-bond donors (Lipinski definition) is 1. The Balaban J connectivity index is 2.33. The lowest BCUT2D eigenvalue weighted by atomic mass is 10.2. The SMILES string of the molecule is NCc1cc(Br)ccc1Oc1ncncc1Cl. The molecule has 0 aliphatic carbocycles. The van der Waals surface area contributed by atoms with Crippen molar-refractivity contribution in [2.45, 2.75) is 6.54 Å². The molecular weight excluding hydrogens is 305 g/mol. The third-order valence-corrected chi connectivity index (χ3v) is 2.84. The maximum atomic E-state index is 5.91. The lowest BCUT2D eigenvalue weighted by Gasteiger charge is -2.10. The molecule has 0 radical (unpaired) electrons. The molecule has 1 aromatic carbocycles. The minimum Gasteiger partial charge on any atom is -0.437 e. The van der Waals surface area contributed by atoms with Gasteiger partial charge in [0.25, 0.3) is 0 Å². The summed E-state index contributed by atoms with van der Waals surface area (Å²) in [7, 11) is 0. The normalized spacial score (nSPS) is 10.3. The maximum absolute atomic E-state index is 5.91. The second-order valence-corrected chi connectivity index (χ2v) is 4.56. The fourth-order valence-corrected chi connectivity index (χ4v) is 1.84. The highest BCUT2D eigenvalue weighted by Crippen LogP contribution is 2.29. The molecule has 0 spiro atoms. The maximum Gasteiger partial charge on any atom is 0.241 e. The lowest BCUT2D eigenvalue weighted by molar-refractivity contribution is 0.456. The molecule has 0 amide bonds. The van der Waals surface area contributed by atoms with Crippen molar-refractivity contribution in [2.75, 3.05) is 0 Å². The summed E-state index contributed by atoms with van der Waals surface area (Å²) in [6.07, 6.45) is 2.85. The van der Waals surface area contributed by atoms with E-state index in [4.69, 9.17) is 22.1 Å². The van der Waals surface area contributed by atoms with Crippen LogP contribution in [0.2, 0.25) is 5.02 Å². The Kier molecular flexibility index (Phi) is 3.93. The van der Waals surface area contributed by atoms with Gasteiger partial charge in [0.05, 0.1) is 6.20 Å². The molecule has 6 heteroatoms. The van der Waals surface area contributed by atoms with Gasteiger partial charge >= 0.3 is 0 Å². The molecule has 4 nitrogen and oxygen atoms in total. The number of rotatable bonds is 3. The predicted molar refractivity (Wildman–Crippen MR) is 69.1 cm³/mol. The second kappa shape index (κ2) is 5.44. The molecule has 0 unspecified atom stereocenters. The van der Waals surface area contributed by atoms with Crippen LogP contribution in [0.3, 0.4) is 0 Å². The van der Waals surface area contributed by atoms with Gasteiger partial charge in [-0.25, -0.2) is 9.97 Å². The van der Waals surface area contributed by atoms with Crippen LogP contribution in [-0.2, 0) is 6.54 Å². The molecule has 88 valence electrons. The van der Waals surface area contributed by atoms with E-state index in [1.807, 2.05) is 18.2 Å². The first-order valence-corrected chi connectivity index (χ1v) is 5.99. The van der Waals surface area contributed by atoms with Crippen molar-refractivity contribution in [2.24, 2.45) is 5.73 Å². The van der Waals surface area contributed by atoms with Crippen molar-refractivity contribution in [3.63, 3.8) is 0 Å². The van der Waals surface area contributed by atoms with Gasteiger partial charge in [0.15, 0.2) is 0 Å². The Morgan fingerprint density at radius 1 is 1.41 bits per heavy atom. The van der Waals surface area contributed by atoms with Crippen molar-refractivity contribution >= 4 is 27.5 Å². The third-order valence-electron chi connectivity index (χ3n) is 2.08. The zero-order chi connectivity index (χ0) is 12.3. The summed E-state index contributed by atoms with van der Waals surface area (Å²) in [5.74, 6) is 0.954. The van der Waals surface area contributed by atoms with Crippen LogP contribution >= 0.6 is 27.5 Å². The quantitative estimate of drug-likeness (QED) is 0.945. The minimum absolute atomic E-state index is 0.318. The Morgan fingerprint density at radius 2 is 2.24 bits per heavy atom. The molecule has 17 heavy (non-hydrogen) atoms. The van der Waals surface area contributed by atoms with Gasteiger partial charge in [-0.3, -0.25) is 0 Å². The van der Waals surface area contributed by atoms with Gasteiger partial charge in [-0.1, -0.05) is 27.5 Å². The fourth-order valence-electron chi connectivity index (χ4n) is 1.29. The lowest BCUT2D eigenvalue weighted by Crippen LogP contribution is -2.00. The second-order valence-electron chi connectivity index (χ2n) is 3.23. The number of nitrogens with two attached hydrogens (primary N) is 1. The van der Waals surface area contributed by atoms with E-state index in [1.165, 1.54) is 12.5 Å². The Bertz CT molecular complexity index is 536. The van der Waals surface area contributed by atoms with Crippen LogP contribution in [0.5, 0.6) is 11.6 Å². The van der Waals surface area contributed by atoms with E-state index >= 15 is 0 Å². The number of hydrogen-bond acceptors (Lipinski definition) is 4. The van der Waals surface area contributed by atoms with Crippen molar-refractivity contribution in [1.29, 1.82) is 0 Å². The van der Waals surface area contributed by atoms with Gasteiger partial charge < -0.3 is 10.5 Å². The standard InChI is InChI=1S/C11H9BrClN3O/c12-8-1-2-10(7(3-8)4-14)17-11-9(13)5-15-6-16-11/h1-3,5-6H,4,14H2. The van der Waals surface area contributed by atoms with Gasteiger partial charge in [-0.05, 0) is 18.2 Å². The monoisotopic (exact) mass is 313 g/mol. The highest BCUT2D eigenvalue weighted by atomic mass is 79.9. The average Bonchev–Trinajstić information content (AvgIpc) is 2.34. The number of aromatic nitrogens is 2. The molecule has 2 N–H and O–H groups in total. The van der Waals surface area contributed by atoms with E-state index in [-0.39, 0.29) is 0 Å². The van der Waals surface area contributed by atoms with Crippen LogP contribution in [0.4, 0.5) is 0 Å². The summed E-state index contributed by atoms with van der Waals surface area (Å²) >= 11 is 9.28. The first-order valence-electron chi connectivity index (χ1n) is 4.82. The Morgan fingerprint density at radius 3 is 2.94 bits per heavy atom. The van der Waals surface area contributed by atoms with Crippen molar-refractivity contribution < 1.29 is 4.74 Å². The highest BCUT2D eigenvalue weighted by Gasteiger charge is 2.08. The van der Waals surface area contributed by atoms with Gasteiger partial charge in [-0.2, -0.15) is 0 Å². The summed E-state index contributed by atoms with van der Waals surface area (Å²) in [5, 5.41) is 0.360. The van der Waals surface area contributed by atoms with Crippen LogP contribution in [0.25, 0.3) is 0 Å². The third kappa shape index (κ3) is 2.94. The summed E-state index contributed by atoms with van der Waals surface area (Å²) in [6, 6.07) is 5.57. The van der Waals surface area contributed by atoms with Gasteiger partial charge in [0, 0.05) is 16.6 Å². The molecule has 0 atom stereocenters. The topological polar surface area (TPSA) is 61.0 Å². The number of halogens is 2. The smallest absolute Gasteiger partial charge is 0.241 e. The highest BCUT2D eigenvalue weighted by molar-refractivity contribution is 9.10. The average molecular weight is 315 g/mol. The molecule has 2 rings (SSSR count). The first-order chi connectivity index (χ1) is 8.20. The molecule has 0 saturated heterocycles. The van der Waals surface area contributed by atoms with E-state index in [9.17, 15) is 0 Å². The molecule has 1 heterocycles. The van der Waals surface area contributed by atoms with E-state index in [2.05, 4.69) is 25.9 Å².